The predicted octanol–water partition coefficient (Wildman–Crippen LogP) is 5.55. The van der Waals surface area contributed by atoms with Gasteiger partial charge in [0.25, 0.3) is 5.69 Å². The SMILES string of the molecule is O=[N+]([O-])c1ccc(Nc2ccccc2-c2ccc3ccccc3n2)cc1. The number of nitro groups is 1. The van der Waals surface area contributed by atoms with E-state index in [0.717, 1.165) is 33.5 Å². The molecule has 0 unspecified atom stereocenters. The molecule has 4 aromatic rings. The van der Waals surface area contributed by atoms with Gasteiger partial charge in [-0.1, -0.05) is 42.5 Å². The molecular weight excluding hydrogens is 326 g/mol. The van der Waals surface area contributed by atoms with Gasteiger partial charge in [-0.2, -0.15) is 0 Å². The Kier molecular flexibility index (Phi) is 4.03. The molecule has 0 aliphatic carbocycles. The number of fused-ring (bicyclic) bond motifs is 1. The van der Waals surface area contributed by atoms with E-state index in [9.17, 15) is 10.1 Å². The van der Waals surface area contributed by atoms with Gasteiger partial charge in [0.15, 0.2) is 0 Å². The zero-order valence-corrected chi connectivity index (χ0v) is 13.8. The molecule has 4 rings (SSSR count). The lowest BCUT2D eigenvalue weighted by atomic mass is 10.1. The molecule has 0 aliphatic rings. The summed E-state index contributed by atoms with van der Waals surface area (Å²) in [6, 6.07) is 26.3. The molecule has 26 heavy (non-hydrogen) atoms. The molecule has 0 atom stereocenters. The molecule has 5 nitrogen and oxygen atoms in total. The molecule has 0 radical (unpaired) electrons. The van der Waals surface area contributed by atoms with Gasteiger partial charge < -0.3 is 5.32 Å². The second kappa shape index (κ2) is 6.64. The van der Waals surface area contributed by atoms with E-state index in [2.05, 4.69) is 11.4 Å². The maximum absolute atomic E-state index is 10.8. The van der Waals surface area contributed by atoms with Crippen LogP contribution in [0.1, 0.15) is 0 Å². The summed E-state index contributed by atoms with van der Waals surface area (Å²) in [6.07, 6.45) is 0. The lowest BCUT2D eigenvalue weighted by Crippen LogP contribution is -1.95. The first-order valence-corrected chi connectivity index (χ1v) is 8.17. The number of nitrogens with one attached hydrogen (secondary N) is 1. The van der Waals surface area contributed by atoms with Crippen LogP contribution < -0.4 is 5.32 Å². The molecule has 0 aliphatic heterocycles. The first kappa shape index (κ1) is 15.8. The fraction of sp³-hybridized carbons (Fsp3) is 0. The van der Waals surface area contributed by atoms with Gasteiger partial charge in [-0.3, -0.25) is 10.1 Å². The van der Waals surface area contributed by atoms with Crippen molar-refractivity contribution in [2.45, 2.75) is 0 Å². The highest BCUT2D eigenvalue weighted by molar-refractivity contribution is 5.85. The highest BCUT2D eigenvalue weighted by Crippen LogP contribution is 2.30. The maximum Gasteiger partial charge on any atom is 0.269 e. The molecule has 0 spiro atoms. The van der Waals surface area contributed by atoms with Crippen molar-refractivity contribution in [3.8, 4) is 11.3 Å². The van der Waals surface area contributed by atoms with E-state index < -0.39 is 4.92 Å². The molecule has 0 fully saturated rings. The maximum atomic E-state index is 10.8. The molecule has 0 saturated carbocycles. The van der Waals surface area contributed by atoms with Gasteiger partial charge in [-0.25, -0.2) is 4.98 Å². The first-order valence-electron chi connectivity index (χ1n) is 8.17. The molecule has 3 aromatic carbocycles. The minimum Gasteiger partial charge on any atom is -0.355 e. The van der Waals surface area contributed by atoms with Crippen molar-refractivity contribution in [2.75, 3.05) is 5.32 Å². The fourth-order valence-electron chi connectivity index (χ4n) is 2.85. The summed E-state index contributed by atoms with van der Waals surface area (Å²) in [7, 11) is 0. The Labute approximate surface area is 150 Å². The molecule has 0 amide bonds. The van der Waals surface area contributed by atoms with Crippen LogP contribution in [0.25, 0.3) is 22.2 Å². The summed E-state index contributed by atoms with van der Waals surface area (Å²) in [6.45, 7) is 0. The van der Waals surface area contributed by atoms with Crippen LogP contribution in [0.4, 0.5) is 17.1 Å². The van der Waals surface area contributed by atoms with Gasteiger partial charge in [0.2, 0.25) is 0 Å². The zero-order valence-electron chi connectivity index (χ0n) is 13.8. The van der Waals surface area contributed by atoms with E-state index in [0.29, 0.717) is 0 Å². The van der Waals surface area contributed by atoms with E-state index in [1.807, 2.05) is 54.6 Å². The third kappa shape index (κ3) is 3.10. The van der Waals surface area contributed by atoms with Gasteiger partial charge in [-0.15, -0.1) is 0 Å². The van der Waals surface area contributed by atoms with Gasteiger partial charge in [0.05, 0.1) is 16.1 Å². The number of non-ortho nitro benzene ring substituents is 1. The van der Waals surface area contributed by atoms with Crippen molar-refractivity contribution in [1.82, 2.24) is 4.98 Å². The number of benzene rings is 3. The van der Waals surface area contributed by atoms with Crippen molar-refractivity contribution in [1.29, 1.82) is 0 Å². The average Bonchev–Trinajstić information content (AvgIpc) is 2.68. The van der Waals surface area contributed by atoms with Gasteiger partial charge in [-0.05, 0) is 30.3 Å². The normalized spacial score (nSPS) is 10.6. The van der Waals surface area contributed by atoms with Crippen molar-refractivity contribution >= 4 is 28.0 Å². The summed E-state index contributed by atoms with van der Waals surface area (Å²) in [5.74, 6) is 0. The number of anilines is 2. The van der Waals surface area contributed by atoms with Crippen LogP contribution in [0.15, 0.2) is 84.9 Å². The lowest BCUT2D eigenvalue weighted by molar-refractivity contribution is -0.384. The van der Waals surface area contributed by atoms with Crippen LogP contribution in [0.3, 0.4) is 0 Å². The van der Waals surface area contributed by atoms with Crippen LogP contribution >= 0.6 is 0 Å². The number of rotatable bonds is 4. The van der Waals surface area contributed by atoms with Crippen LogP contribution in [-0.2, 0) is 0 Å². The van der Waals surface area contributed by atoms with E-state index >= 15 is 0 Å². The third-order valence-corrected chi connectivity index (χ3v) is 4.16. The number of hydrogen-bond acceptors (Lipinski definition) is 4. The molecule has 0 saturated heterocycles. The Morgan fingerprint density at radius 1 is 0.808 bits per heavy atom. The zero-order chi connectivity index (χ0) is 17.9. The Balaban J connectivity index is 1.70. The number of nitrogens with zero attached hydrogens (tertiary/aromatic N) is 2. The number of pyridine rings is 1. The van der Waals surface area contributed by atoms with Crippen molar-refractivity contribution < 1.29 is 4.92 Å². The minimum atomic E-state index is -0.406. The Bertz CT molecular complexity index is 1090. The molecule has 1 N–H and O–H groups in total. The van der Waals surface area contributed by atoms with Crippen molar-refractivity contribution in [2.24, 2.45) is 0 Å². The van der Waals surface area contributed by atoms with Crippen LogP contribution in [0.5, 0.6) is 0 Å². The molecule has 1 heterocycles. The molecule has 126 valence electrons. The summed E-state index contributed by atoms with van der Waals surface area (Å²) in [5.41, 5.74) is 4.52. The topological polar surface area (TPSA) is 68.1 Å². The molecule has 1 aromatic heterocycles. The summed E-state index contributed by atoms with van der Waals surface area (Å²) < 4.78 is 0. The Morgan fingerprint density at radius 2 is 1.54 bits per heavy atom. The Hall–Kier alpha value is -3.73. The number of para-hydroxylation sites is 2. The first-order chi connectivity index (χ1) is 12.7. The fourth-order valence-corrected chi connectivity index (χ4v) is 2.85. The van der Waals surface area contributed by atoms with E-state index in [1.54, 1.807) is 12.1 Å². The summed E-state index contributed by atoms with van der Waals surface area (Å²) in [4.78, 5) is 15.1. The van der Waals surface area contributed by atoms with Crippen LogP contribution in [-0.4, -0.2) is 9.91 Å². The summed E-state index contributed by atoms with van der Waals surface area (Å²) >= 11 is 0. The van der Waals surface area contributed by atoms with E-state index in [4.69, 9.17) is 4.98 Å². The van der Waals surface area contributed by atoms with E-state index in [1.165, 1.54) is 12.1 Å². The summed E-state index contributed by atoms with van der Waals surface area (Å²) in [5, 5.41) is 15.2. The van der Waals surface area contributed by atoms with Gasteiger partial charge in [0.1, 0.15) is 0 Å². The predicted molar refractivity (Wildman–Crippen MR) is 104 cm³/mol. The lowest BCUT2D eigenvalue weighted by Gasteiger charge is -2.12. The molecular formula is C21H15N3O2. The second-order valence-electron chi connectivity index (χ2n) is 5.86. The highest BCUT2D eigenvalue weighted by atomic mass is 16.6. The minimum absolute atomic E-state index is 0.0695. The number of nitro benzene ring substituents is 1. The van der Waals surface area contributed by atoms with Crippen LogP contribution in [0.2, 0.25) is 0 Å². The standard InChI is InChI=1S/C21H15N3O2/c25-24(26)17-12-10-16(11-13-17)22-20-8-4-2-6-18(20)21-14-9-15-5-1-3-7-19(15)23-21/h1-14,22H. The average molecular weight is 341 g/mol. The Morgan fingerprint density at radius 3 is 2.35 bits per heavy atom. The monoisotopic (exact) mass is 341 g/mol. The molecule has 0 bridgehead atoms. The van der Waals surface area contributed by atoms with Crippen molar-refractivity contribution in [3.05, 3.63) is 95.0 Å². The van der Waals surface area contributed by atoms with Crippen molar-refractivity contribution in [3.63, 3.8) is 0 Å². The van der Waals surface area contributed by atoms with Gasteiger partial charge >= 0.3 is 0 Å². The van der Waals surface area contributed by atoms with Crippen LogP contribution in [0, 0.1) is 10.1 Å². The second-order valence-corrected chi connectivity index (χ2v) is 5.86. The molecule has 5 heteroatoms. The quantitative estimate of drug-likeness (QED) is 0.390. The highest BCUT2D eigenvalue weighted by Gasteiger charge is 2.09. The smallest absolute Gasteiger partial charge is 0.269 e. The number of hydrogen-bond donors (Lipinski definition) is 1. The largest absolute Gasteiger partial charge is 0.355 e. The third-order valence-electron chi connectivity index (χ3n) is 4.16. The van der Waals surface area contributed by atoms with E-state index in [-0.39, 0.29) is 5.69 Å². The number of aromatic nitrogens is 1. The van der Waals surface area contributed by atoms with Gasteiger partial charge in [0, 0.05) is 34.5 Å².